The predicted molar refractivity (Wildman–Crippen MR) is 89.1 cm³/mol. The molecule has 0 unspecified atom stereocenters. The van der Waals surface area contributed by atoms with E-state index in [1.807, 2.05) is 12.1 Å². The Morgan fingerprint density at radius 3 is 2.65 bits per heavy atom. The lowest BCUT2D eigenvalue weighted by atomic mass is 10.2. The van der Waals surface area contributed by atoms with Crippen molar-refractivity contribution in [2.75, 3.05) is 12.4 Å². The number of ether oxygens (including phenoxy) is 1. The minimum Gasteiger partial charge on any atom is -0.496 e. The van der Waals surface area contributed by atoms with Crippen molar-refractivity contribution in [2.45, 2.75) is 0 Å². The molecule has 0 aromatic heterocycles. The number of anilines is 1. The maximum Gasteiger partial charge on any atom is 0.335 e. The van der Waals surface area contributed by atoms with E-state index in [1.54, 1.807) is 25.3 Å². The number of amides is 1. The van der Waals surface area contributed by atoms with Crippen molar-refractivity contribution in [3.63, 3.8) is 0 Å². The Bertz CT molecular complexity index is 771. The number of methoxy groups -OCH3 is 1. The number of rotatable bonds is 5. The number of carbonyl (C=O) groups is 2. The number of carbonyl (C=O) groups excluding carboxylic acids is 1. The van der Waals surface area contributed by atoms with Gasteiger partial charge in [0, 0.05) is 11.6 Å². The molecule has 2 rings (SSSR count). The molecule has 6 heteroatoms. The molecule has 2 aromatic rings. The fraction of sp³-hybridized carbons (Fsp3) is 0.0588. The zero-order chi connectivity index (χ0) is 16.8. The summed E-state index contributed by atoms with van der Waals surface area (Å²) in [7, 11) is 1.55. The van der Waals surface area contributed by atoms with Crippen LogP contribution >= 0.6 is 11.6 Å². The third-order valence-electron chi connectivity index (χ3n) is 3.02. The fourth-order valence-corrected chi connectivity index (χ4v) is 2.06. The van der Waals surface area contributed by atoms with E-state index in [9.17, 15) is 9.59 Å². The second-order valence-electron chi connectivity index (χ2n) is 4.56. The number of carboxylic acid groups (broad SMARTS) is 1. The van der Waals surface area contributed by atoms with Gasteiger partial charge in [-0.1, -0.05) is 29.8 Å². The summed E-state index contributed by atoms with van der Waals surface area (Å²) in [4.78, 5) is 22.9. The summed E-state index contributed by atoms with van der Waals surface area (Å²) in [6.07, 6.45) is 2.92. The van der Waals surface area contributed by atoms with Gasteiger partial charge in [-0.2, -0.15) is 0 Å². The van der Waals surface area contributed by atoms with Crippen LogP contribution in [0.25, 0.3) is 6.08 Å². The standard InChI is InChI=1S/C17H14ClNO4/c1-23-15-5-3-2-4-11(15)7-9-16(20)19-14-10-12(17(21)22)6-8-13(14)18/h2-10H,1H3,(H,19,20)(H,21,22)/b9-7+. The quantitative estimate of drug-likeness (QED) is 0.819. The van der Waals surface area contributed by atoms with Crippen LogP contribution < -0.4 is 10.1 Å². The summed E-state index contributed by atoms with van der Waals surface area (Å²) in [5.74, 6) is -0.885. The number of carboxylic acids is 1. The van der Waals surface area contributed by atoms with Gasteiger partial charge in [0.2, 0.25) is 5.91 Å². The van der Waals surface area contributed by atoms with Crippen molar-refractivity contribution >= 4 is 35.2 Å². The van der Waals surface area contributed by atoms with Crippen molar-refractivity contribution in [3.05, 3.63) is 64.7 Å². The molecule has 0 saturated carbocycles. The van der Waals surface area contributed by atoms with E-state index in [0.717, 1.165) is 5.56 Å². The zero-order valence-electron chi connectivity index (χ0n) is 12.2. The Balaban J connectivity index is 2.15. The average Bonchev–Trinajstić information content (AvgIpc) is 2.55. The molecule has 0 aliphatic rings. The summed E-state index contributed by atoms with van der Waals surface area (Å²) in [6, 6.07) is 11.3. The van der Waals surface area contributed by atoms with E-state index in [4.69, 9.17) is 21.4 Å². The highest BCUT2D eigenvalue weighted by Gasteiger charge is 2.09. The Morgan fingerprint density at radius 2 is 1.96 bits per heavy atom. The molecule has 0 saturated heterocycles. The van der Waals surface area contributed by atoms with Crippen LogP contribution in [0.5, 0.6) is 5.75 Å². The Labute approximate surface area is 138 Å². The molecule has 0 heterocycles. The first-order valence-electron chi connectivity index (χ1n) is 6.66. The smallest absolute Gasteiger partial charge is 0.335 e. The summed E-state index contributed by atoms with van der Waals surface area (Å²) >= 11 is 5.96. The van der Waals surface area contributed by atoms with Gasteiger partial charge in [0.1, 0.15) is 5.75 Å². The third kappa shape index (κ3) is 4.34. The van der Waals surface area contributed by atoms with Gasteiger partial charge in [-0.3, -0.25) is 4.79 Å². The van der Waals surface area contributed by atoms with Crippen LogP contribution in [0.4, 0.5) is 5.69 Å². The molecule has 23 heavy (non-hydrogen) atoms. The van der Waals surface area contributed by atoms with Crippen molar-refractivity contribution in [3.8, 4) is 5.75 Å². The van der Waals surface area contributed by atoms with Gasteiger partial charge in [-0.15, -0.1) is 0 Å². The molecule has 0 bridgehead atoms. The van der Waals surface area contributed by atoms with Crippen molar-refractivity contribution in [1.29, 1.82) is 0 Å². The first-order valence-corrected chi connectivity index (χ1v) is 7.04. The molecule has 0 aliphatic carbocycles. The first kappa shape index (κ1) is 16.6. The molecule has 0 fully saturated rings. The van der Waals surface area contributed by atoms with Crippen LogP contribution in [-0.2, 0) is 4.79 Å². The number of hydrogen-bond donors (Lipinski definition) is 2. The highest BCUT2D eigenvalue weighted by atomic mass is 35.5. The van der Waals surface area contributed by atoms with Crippen LogP contribution in [0.3, 0.4) is 0 Å². The van der Waals surface area contributed by atoms with E-state index in [2.05, 4.69) is 5.32 Å². The average molecular weight is 332 g/mol. The van der Waals surface area contributed by atoms with E-state index >= 15 is 0 Å². The van der Waals surface area contributed by atoms with Crippen LogP contribution in [0, 0.1) is 0 Å². The summed E-state index contributed by atoms with van der Waals surface area (Å²) in [5.41, 5.74) is 1.02. The molecule has 0 radical (unpaired) electrons. The van der Waals surface area contributed by atoms with Crippen LogP contribution in [0.15, 0.2) is 48.5 Å². The topological polar surface area (TPSA) is 75.6 Å². The number of aromatic carboxylic acids is 1. The second kappa shape index (κ2) is 7.47. The third-order valence-corrected chi connectivity index (χ3v) is 3.35. The largest absolute Gasteiger partial charge is 0.496 e. The minimum absolute atomic E-state index is 0.0402. The molecule has 118 valence electrons. The van der Waals surface area contributed by atoms with Gasteiger partial charge >= 0.3 is 5.97 Å². The van der Waals surface area contributed by atoms with Gasteiger partial charge in [-0.25, -0.2) is 4.79 Å². The van der Waals surface area contributed by atoms with E-state index in [1.165, 1.54) is 24.3 Å². The highest BCUT2D eigenvalue weighted by Crippen LogP contribution is 2.23. The lowest BCUT2D eigenvalue weighted by molar-refractivity contribution is -0.111. The second-order valence-corrected chi connectivity index (χ2v) is 4.97. The van der Waals surface area contributed by atoms with Gasteiger partial charge < -0.3 is 15.2 Å². The number of para-hydroxylation sites is 1. The predicted octanol–water partition coefficient (Wildman–Crippen LogP) is 3.70. The molecule has 0 aliphatic heterocycles. The van der Waals surface area contributed by atoms with E-state index in [0.29, 0.717) is 5.75 Å². The maximum absolute atomic E-state index is 12.0. The molecule has 5 nitrogen and oxygen atoms in total. The van der Waals surface area contributed by atoms with Gasteiger partial charge in [-0.05, 0) is 30.3 Å². The van der Waals surface area contributed by atoms with Crippen LogP contribution in [-0.4, -0.2) is 24.1 Å². The fourth-order valence-electron chi connectivity index (χ4n) is 1.90. The highest BCUT2D eigenvalue weighted by molar-refractivity contribution is 6.34. The van der Waals surface area contributed by atoms with Crippen molar-refractivity contribution < 1.29 is 19.4 Å². The number of hydrogen-bond acceptors (Lipinski definition) is 3. The lowest BCUT2D eigenvalue weighted by Gasteiger charge is -2.06. The molecule has 0 spiro atoms. The molecule has 2 aromatic carbocycles. The summed E-state index contributed by atoms with van der Waals surface area (Å²) in [5, 5.41) is 11.8. The number of halogens is 1. The Hall–Kier alpha value is -2.79. The monoisotopic (exact) mass is 331 g/mol. The van der Waals surface area contributed by atoms with Crippen molar-refractivity contribution in [2.24, 2.45) is 0 Å². The Morgan fingerprint density at radius 1 is 1.22 bits per heavy atom. The van der Waals surface area contributed by atoms with Crippen LogP contribution in [0.1, 0.15) is 15.9 Å². The maximum atomic E-state index is 12.0. The minimum atomic E-state index is -1.10. The zero-order valence-corrected chi connectivity index (χ0v) is 13.0. The first-order chi connectivity index (χ1) is 11.0. The molecule has 0 atom stereocenters. The van der Waals surface area contributed by atoms with Gasteiger partial charge in [0.25, 0.3) is 0 Å². The molecule has 2 N–H and O–H groups in total. The number of nitrogens with one attached hydrogen (secondary N) is 1. The Kier molecular flexibility index (Phi) is 5.38. The van der Waals surface area contributed by atoms with Crippen molar-refractivity contribution in [1.82, 2.24) is 0 Å². The van der Waals surface area contributed by atoms with E-state index in [-0.39, 0.29) is 16.3 Å². The van der Waals surface area contributed by atoms with E-state index < -0.39 is 11.9 Å². The molecular weight excluding hydrogens is 318 g/mol. The SMILES string of the molecule is COc1ccccc1/C=C/C(=O)Nc1cc(C(=O)O)ccc1Cl. The molecular formula is C17H14ClNO4. The molecule has 1 amide bonds. The summed E-state index contributed by atoms with van der Waals surface area (Å²) < 4.78 is 5.19. The van der Waals surface area contributed by atoms with Gasteiger partial charge in [0.15, 0.2) is 0 Å². The normalized spacial score (nSPS) is 10.5. The lowest BCUT2D eigenvalue weighted by Crippen LogP contribution is -2.09. The summed E-state index contributed by atoms with van der Waals surface area (Å²) in [6.45, 7) is 0. The van der Waals surface area contributed by atoms with Crippen LogP contribution in [0.2, 0.25) is 5.02 Å². The van der Waals surface area contributed by atoms with Gasteiger partial charge in [0.05, 0.1) is 23.4 Å². The number of benzene rings is 2.